The van der Waals surface area contributed by atoms with Gasteiger partial charge in [-0.05, 0) is 53.9 Å². The second kappa shape index (κ2) is 8.26. The Morgan fingerprint density at radius 3 is 2.67 bits per heavy atom. The molecule has 3 aromatic carbocycles. The Morgan fingerprint density at radius 2 is 1.94 bits per heavy atom. The lowest BCUT2D eigenvalue weighted by molar-refractivity contribution is 0.0765. The van der Waals surface area contributed by atoms with Crippen LogP contribution >= 0.6 is 0 Å². The number of nitrogens with zero attached hydrogens (tertiary/aromatic N) is 1. The largest absolute Gasteiger partial charge is 0.497 e. The number of aromatic amines is 1. The van der Waals surface area contributed by atoms with Crippen molar-refractivity contribution in [1.29, 1.82) is 0 Å². The van der Waals surface area contributed by atoms with Gasteiger partial charge in [-0.3, -0.25) is 9.59 Å². The van der Waals surface area contributed by atoms with Crippen molar-refractivity contribution in [2.75, 3.05) is 27.2 Å². The summed E-state index contributed by atoms with van der Waals surface area (Å²) in [7, 11) is 3.23. The maximum atomic E-state index is 12.9. The third-order valence-electron chi connectivity index (χ3n) is 6.28. The van der Waals surface area contributed by atoms with Crippen LogP contribution in [0.15, 0.2) is 54.6 Å². The lowest BCUT2D eigenvalue weighted by atomic mass is 9.98. The molecule has 2 amide bonds. The predicted molar refractivity (Wildman–Crippen MR) is 128 cm³/mol. The first kappa shape index (κ1) is 21.0. The van der Waals surface area contributed by atoms with Gasteiger partial charge >= 0.3 is 0 Å². The Balaban J connectivity index is 1.66. The van der Waals surface area contributed by atoms with E-state index in [1.165, 1.54) is 0 Å². The summed E-state index contributed by atoms with van der Waals surface area (Å²) in [5.74, 6) is 0.442. The first-order chi connectivity index (χ1) is 16.0. The van der Waals surface area contributed by atoms with E-state index < -0.39 is 6.10 Å². The molecule has 1 atom stereocenters. The molecule has 0 radical (unpaired) electrons. The zero-order valence-corrected chi connectivity index (χ0v) is 18.5. The van der Waals surface area contributed by atoms with E-state index in [0.29, 0.717) is 30.6 Å². The molecule has 7 heteroatoms. The number of H-pyrrole nitrogens is 1. The Labute approximate surface area is 191 Å². The van der Waals surface area contributed by atoms with E-state index in [1.807, 2.05) is 48.5 Å². The summed E-state index contributed by atoms with van der Waals surface area (Å²) in [4.78, 5) is 30.7. The van der Waals surface area contributed by atoms with Crippen LogP contribution in [0.5, 0.6) is 5.75 Å². The lowest BCUT2D eigenvalue weighted by Crippen LogP contribution is -2.29. The number of aliphatic hydroxyl groups is 1. The van der Waals surface area contributed by atoms with Gasteiger partial charge in [0.05, 0.1) is 24.3 Å². The number of nitrogens with one attached hydrogen (secondary N) is 2. The second-order valence-corrected chi connectivity index (χ2v) is 8.34. The van der Waals surface area contributed by atoms with E-state index in [4.69, 9.17) is 4.74 Å². The summed E-state index contributed by atoms with van der Waals surface area (Å²) >= 11 is 0. The van der Waals surface area contributed by atoms with Gasteiger partial charge in [0.2, 0.25) is 0 Å². The molecular weight excluding hydrogens is 418 g/mol. The molecule has 1 saturated heterocycles. The number of likely N-dealkylation sites (tertiary alicyclic amines) is 1. The zero-order chi connectivity index (χ0) is 23.1. The van der Waals surface area contributed by atoms with Gasteiger partial charge in [0.1, 0.15) is 5.75 Å². The normalized spacial score (nSPS) is 15.8. The first-order valence-corrected chi connectivity index (χ1v) is 10.9. The van der Waals surface area contributed by atoms with Gasteiger partial charge in [0.15, 0.2) is 0 Å². The van der Waals surface area contributed by atoms with Crippen molar-refractivity contribution in [2.24, 2.45) is 0 Å². The van der Waals surface area contributed by atoms with Crippen LogP contribution in [0.3, 0.4) is 0 Å². The quantitative estimate of drug-likeness (QED) is 0.450. The van der Waals surface area contributed by atoms with Crippen LogP contribution in [-0.2, 0) is 0 Å². The smallest absolute Gasteiger partial charge is 0.254 e. The Hall–Kier alpha value is -3.84. The van der Waals surface area contributed by atoms with Crippen LogP contribution in [0.4, 0.5) is 0 Å². The number of fused-ring (bicyclic) bond motifs is 3. The fourth-order valence-corrected chi connectivity index (χ4v) is 4.53. The molecule has 4 aromatic rings. The summed E-state index contributed by atoms with van der Waals surface area (Å²) in [6, 6.07) is 17.2. The Bertz CT molecular complexity index is 1390. The number of amides is 2. The number of aromatic nitrogens is 1. The third-order valence-corrected chi connectivity index (χ3v) is 6.28. The van der Waals surface area contributed by atoms with Crippen LogP contribution < -0.4 is 10.1 Å². The molecule has 1 aromatic heterocycles. The van der Waals surface area contributed by atoms with E-state index >= 15 is 0 Å². The van der Waals surface area contributed by atoms with E-state index in [2.05, 4.69) is 10.3 Å². The maximum Gasteiger partial charge on any atom is 0.254 e. The molecule has 0 saturated carbocycles. The minimum absolute atomic E-state index is 0.101. The fourth-order valence-electron chi connectivity index (χ4n) is 4.53. The number of benzene rings is 3. The number of carbonyl (C=O) groups excluding carboxylic acids is 2. The fraction of sp³-hybridized carbons (Fsp3) is 0.231. The van der Waals surface area contributed by atoms with E-state index in [-0.39, 0.29) is 11.8 Å². The molecule has 5 rings (SSSR count). The van der Waals surface area contributed by atoms with Gasteiger partial charge in [0, 0.05) is 42.0 Å². The van der Waals surface area contributed by atoms with Crippen molar-refractivity contribution in [3.05, 3.63) is 65.7 Å². The minimum Gasteiger partial charge on any atom is -0.497 e. The van der Waals surface area contributed by atoms with Crippen molar-refractivity contribution in [3.63, 3.8) is 0 Å². The van der Waals surface area contributed by atoms with E-state index in [0.717, 1.165) is 38.7 Å². The highest BCUT2D eigenvalue weighted by molar-refractivity contribution is 6.17. The molecule has 3 N–H and O–H groups in total. The van der Waals surface area contributed by atoms with Crippen LogP contribution in [-0.4, -0.2) is 60.2 Å². The third kappa shape index (κ3) is 3.70. The minimum atomic E-state index is -0.462. The average Bonchev–Trinajstić information content (AvgIpc) is 3.45. The number of β-amino-alcohol motifs (C(OH)–C–C–N with tert-alkyl or cyclic N) is 1. The van der Waals surface area contributed by atoms with Gasteiger partial charge in [-0.2, -0.15) is 0 Å². The highest BCUT2D eigenvalue weighted by Crippen LogP contribution is 2.34. The topological polar surface area (TPSA) is 94.7 Å². The number of rotatable bonds is 4. The van der Waals surface area contributed by atoms with Crippen LogP contribution in [0.2, 0.25) is 0 Å². The summed E-state index contributed by atoms with van der Waals surface area (Å²) in [6.07, 6.45) is 0.138. The molecule has 1 aliphatic heterocycles. The van der Waals surface area contributed by atoms with Gasteiger partial charge in [-0.25, -0.2) is 0 Å². The molecule has 0 spiro atoms. The van der Waals surface area contributed by atoms with Crippen molar-refractivity contribution in [1.82, 2.24) is 15.2 Å². The van der Waals surface area contributed by atoms with Crippen molar-refractivity contribution < 1.29 is 19.4 Å². The summed E-state index contributed by atoms with van der Waals surface area (Å²) < 4.78 is 5.37. The summed E-state index contributed by atoms with van der Waals surface area (Å²) in [6.45, 7) is 0.906. The van der Waals surface area contributed by atoms with Crippen molar-refractivity contribution >= 4 is 33.6 Å². The Morgan fingerprint density at radius 1 is 1.09 bits per heavy atom. The van der Waals surface area contributed by atoms with Crippen LogP contribution in [0, 0.1) is 0 Å². The van der Waals surface area contributed by atoms with Crippen molar-refractivity contribution in [2.45, 2.75) is 12.5 Å². The summed E-state index contributed by atoms with van der Waals surface area (Å²) in [5, 5.41) is 14.3. The van der Waals surface area contributed by atoms with Gasteiger partial charge < -0.3 is 25.0 Å². The highest BCUT2D eigenvalue weighted by Gasteiger charge is 2.26. The number of methoxy groups -OCH3 is 1. The molecular formula is C26H25N3O4. The van der Waals surface area contributed by atoms with E-state index in [1.54, 1.807) is 25.1 Å². The molecule has 0 aliphatic carbocycles. The maximum absolute atomic E-state index is 12.9. The second-order valence-electron chi connectivity index (χ2n) is 8.34. The zero-order valence-electron chi connectivity index (χ0n) is 18.5. The molecule has 168 valence electrons. The average molecular weight is 444 g/mol. The van der Waals surface area contributed by atoms with Crippen molar-refractivity contribution in [3.8, 4) is 16.9 Å². The molecule has 7 nitrogen and oxygen atoms in total. The number of aliphatic hydroxyl groups excluding tert-OH is 1. The molecule has 2 heterocycles. The molecule has 33 heavy (non-hydrogen) atoms. The van der Waals surface area contributed by atoms with Gasteiger partial charge in [-0.15, -0.1) is 0 Å². The SMILES string of the molecule is CNC(=O)c1cc(-c2cccc(OC)c2)cc2c1[nH]c1cc(C(=O)N3CCC(O)C3)ccc12. The molecule has 1 fully saturated rings. The standard InChI is InChI=1S/C26H25N3O4/c1-27-25(31)22-12-17(15-4-3-5-19(10-15)33-2)11-21-20-7-6-16(13-23(20)28-24(21)22)26(32)29-9-8-18(30)14-29/h3-7,10-13,18,28,30H,8-9,14H2,1-2H3,(H,27,31). The van der Waals surface area contributed by atoms with Crippen LogP contribution in [0.1, 0.15) is 27.1 Å². The van der Waals surface area contributed by atoms with E-state index in [9.17, 15) is 14.7 Å². The monoisotopic (exact) mass is 443 g/mol. The Kier molecular flexibility index (Phi) is 5.26. The van der Waals surface area contributed by atoms with Crippen LogP contribution in [0.25, 0.3) is 32.9 Å². The molecule has 1 unspecified atom stereocenters. The number of hydrogen-bond donors (Lipinski definition) is 3. The first-order valence-electron chi connectivity index (χ1n) is 10.9. The van der Waals surface area contributed by atoms with Gasteiger partial charge in [-0.1, -0.05) is 18.2 Å². The number of ether oxygens (including phenoxy) is 1. The molecule has 0 bridgehead atoms. The molecule has 1 aliphatic rings. The lowest BCUT2D eigenvalue weighted by Gasteiger charge is -2.15. The number of hydrogen-bond acceptors (Lipinski definition) is 4. The van der Waals surface area contributed by atoms with Gasteiger partial charge in [0.25, 0.3) is 11.8 Å². The highest BCUT2D eigenvalue weighted by atomic mass is 16.5. The number of carbonyl (C=O) groups is 2. The predicted octanol–water partition coefficient (Wildman–Crippen LogP) is 3.56. The summed E-state index contributed by atoms with van der Waals surface area (Å²) in [5.41, 5.74) is 4.42.